The summed E-state index contributed by atoms with van der Waals surface area (Å²) < 4.78 is 0. The van der Waals surface area contributed by atoms with Crippen LogP contribution < -0.4 is 10.6 Å². The molecule has 1 aromatic rings. The first-order valence-corrected chi connectivity index (χ1v) is 5.96. The minimum atomic E-state index is 0.445. The van der Waals surface area contributed by atoms with Gasteiger partial charge in [0.05, 0.1) is 16.4 Å². The van der Waals surface area contributed by atoms with Gasteiger partial charge in [0.25, 0.3) is 0 Å². The lowest BCUT2D eigenvalue weighted by atomic mass is 10.1. The van der Waals surface area contributed by atoms with E-state index >= 15 is 0 Å². The molecule has 88 valence electrons. The molecule has 0 saturated carbocycles. The van der Waals surface area contributed by atoms with Crippen LogP contribution >= 0.6 is 11.6 Å². The van der Waals surface area contributed by atoms with Crippen molar-refractivity contribution in [2.45, 2.75) is 13.0 Å². The number of piperazine rings is 1. The van der Waals surface area contributed by atoms with Crippen molar-refractivity contribution in [3.8, 4) is 0 Å². The number of nitrogens with two attached hydrogens (primary N) is 1. The molecule has 1 aromatic carbocycles. The molecule has 1 atom stereocenters. The molecule has 0 radical (unpaired) electrons. The van der Waals surface area contributed by atoms with Crippen molar-refractivity contribution < 1.29 is 0 Å². The molecule has 0 bridgehead atoms. The van der Waals surface area contributed by atoms with Crippen LogP contribution in [0.5, 0.6) is 0 Å². The van der Waals surface area contributed by atoms with E-state index in [-0.39, 0.29) is 0 Å². The Morgan fingerprint density at radius 2 is 2.12 bits per heavy atom. The van der Waals surface area contributed by atoms with Crippen LogP contribution in [0, 0.1) is 0 Å². The van der Waals surface area contributed by atoms with Gasteiger partial charge in [-0.1, -0.05) is 17.7 Å². The van der Waals surface area contributed by atoms with E-state index in [4.69, 9.17) is 17.3 Å². The third kappa shape index (κ3) is 2.11. The predicted molar refractivity (Wildman–Crippen MR) is 70.2 cm³/mol. The van der Waals surface area contributed by atoms with Crippen LogP contribution in [0.25, 0.3) is 0 Å². The van der Waals surface area contributed by atoms with Crippen molar-refractivity contribution in [2.75, 3.05) is 37.3 Å². The molecule has 0 spiro atoms. The van der Waals surface area contributed by atoms with E-state index in [1.54, 1.807) is 0 Å². The van der Waals surface area contributed by atoms with Crippen LogP contribution in [0.15, 0.2) is 18.2 Å². The smallest absolute Gasteiger partial charge is 0.0792 e. The molecular weight excluding hydrogens is 222 g/mol. The second-order valence-corrected chi connectivity index (χ2v) is 4.89. The summed E-state index contributed by atoms with van der Waals surface area (Å²) in [4.78, 5) is 4.63. The van der Waals surface area contributed by atoms with E-state index in [1.807, 2.05) is 18.2 Å². The lowest BCUT2D eigenvalue weighted by molar-refractivity contribution is 0.276. The van der Waals surface area contributed by atoms with Gasteiger partial charge >= 0.3 is 0 Å². The lowest BCUT2D eigenvalue weighted by Crippen LogP contribution is -2.50. The summed E-state index contributed by atoms with van der Waals surface area (Å²) in [5.41, 5.74) is 7.77. The van der Waals surface area contributed by atoms with Gasteiger partial charge in [0, 0.05) is 25.7 Å². The van der Waals surface area contributed by atoms with Gasteiger partial charge in [-0.05, 0) is 26.1 Å². The number of hydrogen-bond acceptors (Lipinski definition) is 3. The second kappa shape index (κ2) is 4.52. The molecule has 16 heavy (non-hydrogen) atoms. The highest BCUT2D eigenvalue weighted by molar-refractivity contribution is 6.34. The number of likely N-dealkylation sites (N-methyl/N-ethyl adjacent to an activating group) is 1. The molecule has 3 nitrogen and oxygen atoms in total. The Labute approximate surface area is 102 Å². The van der Waals surface area contributed by atoms with E-state index in [2.05, 4.69) is 23.8 Å². The zero-order valence-corrected chi connectivity index (χ0v) is 10.5. The molecule has 1 aliphatic rings. The molecule has 1 heterocycles. The van der Waals surface area contributed by atoms with Crippen molar-refractivity contribution in [2.24, 2.45) is 0 Å². The first-order valence-electron chi connectivity index (χ1n) is 5.58. The van der Waals surface area contributed by atoms with Crippen LogP contribution in [0.3, 0.4) is 0 Å². The normalized spacial score (nSPS) is 22.4. The fourth-order valence-electron chi connectivity index (χ4n) is 2.31. The topological polar surface area (TPSA) is 32.5 Å². The fourth-order valence-corrected chi connectivity index (χ4v) is 2.60. The minimum Gasteiger partial charge on any atom is -0.397 e. The Hall–Kier alpha value is -0.930. The first kappa shape index (κ1) is 11.6. The maximum absolute atomic E-state index is 6.23. The van der Waals surface area contributed by atoms with Crippen LogP contribution in [-0.2, 0) is 0 Å². The molecule has 0 aliphatic carbocycles. The summed E-state index contributed by atoms with van der Waals surface area (Å²) in [6.45, 7) is 5.28. The Balaban J connectivity index is 2.30. The van der Waals surface area contributed by atoms with Crippen LogP contribution in [-0.4, -0.2) is 37.6 Å². The van der Waals surface area contributed by atoms with Crippen molar-refractivity contribution >= 4 is 23.0 Å². The van der Waals surface area contributed by atoms with Gasteiger partial charge in [0.1, 0.15) is 0 Å². The first-order chi connectivity index (χ1) is 7.59. The third-order valence-electron chi connectivity index (χ3n) is 3.14. The summed E-state index contributed by atoms with van der Waals surface area (Å²) >= 11 is 6.23. The average Bonchev–Trinajstić information content (AvgIpc) is 2.20. The largest absolute Gasteiger partial charge is 0.397 e. The van der Waals surface area contributed by atoms with E-state index in [1.165, 1.54) is 0 Å². The van der Waals surface area contributed by atoms with E-state index in [0.717, 1.165) is 36.0 Å². The summed E-state index contributed by atoms with van der Waals surface area (Å²) in [6.07, 6.45) is 0. The van der Waals surface area contributed by atoms with Gasteiger partial charge in [-0.25, -0.2) is 0 Å². The molecule has 0 aromatic heterocycles. The molecule has 0 amide bonds. The highest BCUT2D eigenvalue weighted by Gasteiger charge is 2.24. The number of nitrogens with zero attached hydrogens (tertiary/aromatic N) is 2. The summed E-state index contributed by atoms with van der Waals surface area (Å²) in [5.74, 6) is 0. The maximum atomic E-state index is 6.23. The predicted octanol–water partition coefficient (Wildman–Crippen LogP) is 2.06. The number of hydrogen-bond donors (Lipinski definition) is 1. The maximum Gasteiger partial charge on any atom is 0.0792 e. The number of rotatable bonds is 1. The Morgan fingerprint density at radius 1 is 1.38 bits per heavy atom. The Morgan fingerprint density at radius 3 is 2.75 bits per heavy atom. The quantitative estimate of drug-likeness (QED) is 0.762. The molecular formula is C12H18ClN3. The number of halogens is 1. The van der Waals surface area contributed by atoms with Gasteiger partial charge in [-0.3, -0.25) is 0 Å². The third-order valence-corrected chi connectivity index (χ3v) is 3.44. The molecule has 2 rings (SSSR count). The SMILES string of the molecule is CC1CN(C)CCN1c1c(N)cccc1Cl. The van der Waals surface area contributed by atoms with Gasteiger partial charge in [0.15, 0.2) is 0 Å². The molecule has 2 N–H and O–H groups in total. The van der Waals surface area contributed by atoms with E-state index in [9.17, 15) is 0 Å². The monoisotopic (exact) mass is 239 g/mol. The Kier molecular flexibility index (Phi) is 3.26. The zero-order valence-electron chi connectivity index (χ0n) is 9.78. The van der Waals surface area contributed by atoms with Crippen molar-refractivity contribution in [3.05, 3.63) is 23.2 Å². The molecule has 1 fully saturated rings. The van der Waals surface area contributed by atoms with Crippen molar-refractivity contribution in [1.29, 1.82) is 0 Å². The lowest BCUT2D eigenvalue weighted by Gasteiger charge is -2.40. The van der Waals surface area contributed by atoms with E-state index < -0.39 is 0 Å². The fraction of sp³-hybridized carbons (Fsp3) is 0.500. The van der Waals surface area contributed by atoms with Gasteiger partial charge in [0.2, 0.25) is 0 Å². The summed E-state index contributed by atoms with van der Waals surface area (Å²) in [7, 11) is 2.14. The van der Waals surface area contributed by atoms with Gasteiger partial charge in [-0.2, -0.15) is 0 Å². The minimum absolute atomic E-state index is 0.445. The second-order valence-electron chi connectivity index (χ2n) is 4.48. The van der Waals surface area contributed by atoms with Crippen molar-refractivity contribution in [3.63, 3.8) is 0 Å². The summed E-state index contributed by atoms with van der Waals surface area (Å²) in [5, 5.41) is 0.747. The van der Waals surface area contributed by atoms with Crippen LogP contribution in [0.4, 0.5) is 11.4 Å². The number of para-hydroxylation sites is 1. The summed E-state index contributed by atoms with van der Waals surface area (Å²) in [6, 6.07) is 6.15. The highest BCUT2D eigenvalue weighted by atomic mass is 35.5. The van der Waals surface area contributed by atoms with Crippen LogP contribution in [0.1, 0.15) is 6.92 Å². The molecule has 4 heteroatoms. The molecule has 1 unspecified atom stereocenters. The van der Waals surface area contributed by atoms with Crippen molar-refractivity contribution in [1.82, 2.24) is 4.90 Å². The number of nitrogen functional groups attached to an aromatic ring is 1. The standard InChI is InChI=1S/C12H18ClN3/c1-9-8-15(2)6-7-16(9)12-10(13)4-3-5-11(12)14/h3-5,9H,6-8,14H2,1-2H3. The molecule has 1 saturated heterocycles. The van der Waals surface area contributed by atoms with Gasteiger partial charge in [-0.15, -0.1) is 0 Å². The Bertz CT molecular complexity index is 360. The van der Waals surface area contributed by atoms with Gasteiger partial charge < -0.3 is 15.5 Å². The van der Waals surface area contributed by atoms with Crippen LogP contribution in [0.2, 0.25) is 5.02 Å². The van der Waals surface area contributed by atoms with E-state index in [0.29, 0.717) is 6.04 Å². The number of benzene rings is 1. The molecule has 1 aliphatic heterocycles. The highest BCUT2D eigenvalue weighted by Crippen LogP contribution is 2.33. The number of anilines is 2. The average molecular weight is 240 g/mol. The zero-order chi connectivity index (χ0) is 11.7.